The van der Waals surface area contributed by atoms with Crippen LogP contribution in [0.5, 0.6) is 0 Å². The van der Waals surface area contributed by atoms with E-state index in [4.69, 9.17) is 8.83 Å². The first kappa shape index (κ1) is 58.7. The molecule has 0 amide bonds. The van der Waals surface area contributed by atoms with Crippen LogP contribution in [-0.4, -0.2) is 0 Å². The lowest BCUT2D eigenvalue weighted by Crippen LogP contribution is -1.92. The number of para-hydroxylation sites is 2. The van der Waals surface area contributed by atoms with Gasteiger partial charge in [-0.2, -0.15) is 0 Å². The predicted molar refractivity (Wildman–Crippen MR) is 431 cm³/mol. The molecule has 0 saturated carbocycles. The smallest absolute Gasteiger partial charge is 0.136 e. The van der Waals surface area contributed by atoms with Gasteiger partial charge in [-0.05, 0) is 208 Å². The van der Waals surface area contributed by atoms with Gasteiger partial charge in [0.05, 0.1) is 0 Å². The van der Waals surface area contributed by atoms with E-state index >= 15 is 0 Å². The van der Waals surface area contributed by atoms with E-state index in [0.29, 0.717) is 0 Å². The van der Waals surface area contributed by atoms with Crippen molar-refractivity contribution in [2.45, 2.75) is 0 Å². The van der Waals surface area contributed by atoms with Gasteiger partial charge >= 0.3 is 0 Å². The Balaban J connectivity index is 0.623. The second-order valence-electron chi connectivity index (χ2n) is 26.9. The molecule has 0 aliphatic carbocycles. The number of benzene rings is 18. The third kappa shape index (κ3) is 9.94. The minimum absolute atomic E-state index is 0.889. The van der Waals surface area contributed by atoms with Crippen molar-refractivity contribution >= 4 is 87.0 Å². The van der Waals surface area contributed by atoms with Crippen LogP contribution in [0.4, 0.5) is 0 Å². The normalized spacial score (nSPS) is 11.7. The maximum Gasteiger partial charge on any atom is 0.136 e. The van der Waals surface area contributed by atoms with Crippen molar-refractivity contribution in [3.63, 3.8) is 0 Å². The monoisotopic (exact) mass is 1290 g/mol. The first-order valence-electron chi connectivity index (χ1n) is 35.1. The van der Waals surface area contributed by atoms with Crippen LogP contribution in [0.2, 0.25) is 0 Å². The van der Waals surface area contributed by atoms with Gasteiger partial charge in [-0.1, -0.05) is 334 Å². The first-order valence-corrected chi connectivity index (χ1v) is 35.1. The van der Waals surface area contributed by atoms with E-state index in [0.717, 1.165) is 66.1 Å². The second-order valence-corrected chi connectivity index (χ2v) is 26.9. The molecule has 2 nitrogen and oxygen atoms in total. The molecule has 0 saturated heterocycles. The fourth-order valence-electron chi connectivity index (χ4n) is 16.3. The van der Waals surface area contributed by atoms with Crippen LogP contribution in [-0.2, 0) is 0 Å². The zero-order valence-corrected chi connectivity index (χ0v) is 55.6. The summed E-state index contributed by atoms with van der Waals surface area (Å²) in [5, 5.41) is 14.2. The Kier molecular flexibility index (Phi) is 14.0. The lowest BCUT2D eigenvalue weighted by molar-refractivity contribution is 0.668. The zero-order valence-electron chi connectivity index (χ0n) is 55.6. The molecule has 0 radical (unpaired) electrons. The molecule has 0 fully saturated rings. The van der Waals surface area contributed by atoms with Gasteiger partial charge in [-0.15, -0.1) is 0 Å². The van der Waals surface area contributed by atoms with Crippen LogP contribution in [0.15, 0.2) is 385 Å². The van der Waals surface area contributed by atoms with Crippen molar-refractivity contribution in [2.24, 2.45) is 0 Å². The van der Waals surface area contributed by atoms with E-state index in [1.54, 1.807) is 0 Å². The predicted octanol–water partition coefficient (Wildman–Crippen LogP) is 28.4. The molecule has 18 aromatic carbocycles. The van der Waals surface area contributed by atoms with Gasteiger partial charge in [0.15, 0.2) is 0 Å². The highest BCUT2D eigenvalue weighted by Crippen LogP contribution is 2.50. The van der Waals surface area contributed by atoms with Crippen molar-refractivity contribution in [2.75, 3.05) is 0 Å². The Hall–Kier alpha value is -13.4. The summed E-state index contributed by atoms with van der Waals surface area (Å²) in [5.41, 5.74) is 29.6. The molecule has 0 spiro atoms. The summed E-state index contributed by atoms with van der Waals surface area (Å²) in [6.07, 6.45) is 0. The maximum atomic E-state index is 6.44. The summed E-state index contributed by atoms with van der Waals surface area (Å²) < 4.78 is 12.9. The SMILES string of the molecule is c1ccc(-c2ccc(-c3c4ccccc4c(-c4ccc(-c5ccc(-c6ccc(-c7ccc(-c8c9ccccc9c(-c9cccc(-c%10ccccc%10)c9)c9ccc(-c%10cccc%11oc%12ccccc%12c%10%11)cc89)cc7)cc6)cc5)cc4)c4ccc(-c5cccc6oc7ccccc7c56)cc34)cc2)cc1. The molecule has 474 valence electrons. The number of hydrogen-bond donors (Lipinski definition) is 0. The van der Waals surface area contributed by atoms with Crippen LogP contribution in [0, 0.1) is 0 Å². The molecule has 0 aliphatic rings. The van der Waals surface area contributed by atoms with Crippen LogP contribution in [0.25, 0.3) is 209 Å². The van der Waals surface area contributed by atoms with E-state index < -0.39 is 0 Å². The van der Waals surface area contributed by atoms with E-state index in [-0.39, 0.29) is 0 Å². The molecule has 2 aromatic heterocycles. The third-order valence-corrected chi connectivity index (χ3v) is 21.1. The Bertz CT molecular complexity index is 6660. The molecular weight excluding hydrogens is 1230 g/mol. The molecule has 20 rings (SSSR count). The van der Waals surface area contributed by atoms with Gasteiger partial charge in [0.1, 0.15) is 22.3 Å². The van der Waals surface area contributed by atoms with Crippen molar-refractivity contribution in [1.29, 1.82) is 0 Å². The highest BCUT2D eigenvalue weighted by molar-refractivity contribution is 6.25. The van der Waals surface area contributed by atoms with Crippen molar-refractivity contribution in [3.05, 3.63) is 376 Å². The average Bonchev–Trinajstić information content (AvgIpc) is 0.821. The first-order chi connectivity index (χ1) is 50.6. The Labute approximate surface area is 590 Å². The van der Waals surface area contributed by atoms with E-state index in [1.807, 2.05) is 12.1 Å². The van der Waals surface area contributed by atoms with Gasteiger partial charge in [-0.3, -0.25) is 0 Å². The van der Waals surface area contributed by atoms with E-state index in [9.17, 15) is 0 Å². The van der Waals surface area contributed by atoms with Crippen LogP contribution >= 0.6 is 0 Å². The van der Waals surface area contributed by atoms with Gasteiger partial charge in [0, 0.05) is 21.5 Å². The zero-order chi connectivity index (χ0) is 67.2. The minimum atomic E-state index is 0.889. The Morgan fingerprint density at radius 2 is 0.373 bits per heavy atom. The molecule has 0 N–H and O–H groups in total. The molecule has 102 heavy (non-hydrogen) atoms. The van der Waals surface area contributed by atoms with Gasteiger partial charge in [0.25, 0.3) is 0 Å². The molecule has 0 unspecified atom stereocenters. The highest BCUT2D eigenvalue weighted by atomic mass is 16.3. The van der Waals surface area contributed by atoms with Crippen LogP contribution in [0.3, 0.4) is 0 Å². The largest absolute Gasteiger partial charge is 0.456 e. The summed E-state index contributed by atoms with van der Waals surface area (Å²) in [6.45, 7) is 0. The number of hydrogen-bond acceptors (Lipinski definition) is 2. The average molecular weight is 1300 g/mol. The summed E-state index contributed by atoms with van der Waals surface area (Å²) in [5.74, 6) is 0. The molecule has 0 aliphatic heterocycles. The van der Waals surface area contributed by atoms with E-state index in [1.165, 1.54) is 143 Å². The summed E-state index contributed by atoms with van der Waals surface area (Å²) in [6, 6.07) is 138. The number of fused-ring (bicyclic) bond motifs is 10. The molecule has 0 atom stereocenters. The second kappa shape index (κ2) is 24.2. The van der Waals surface area contributed by atoms with Crippen molar-refractivity contribution in [1.82, 2.24) is 0 Å². The van der Waals surface area contributed by atoms with Gasteiger partial charge in [-0.25, -0.2) is 0 Å². The maximum absolute atomic E-state index is 6.44. The molecule has 2 heteroatoms. The van der Waals surface area contributed by atoms with E-state index in [2.05, 4.69) is 364 Å². The summed E-state index contributed by atoms with van der Waals surface area (Å²) in [4.78, 5) is 0. The van der Waals surface area contributed by atoms with Gasteiger partial charge < -0.3 is 8.83 Å². The number of rotatable bonds is 11. The number of furan rings is 2. The molecule has 0 bridgehead atoms. The lowest BCUT2D eigenvalue weighted by atomic mass is 9.84. The standard InChI is InChI=1S/C100H62O2/c1-3-18-63(19-4-1)65-44-52-73(53-45-65)96-82-25-8-7-24-81(82)95(85-58-56-76(61-89(85)96)79-30-16-34-93-99(79)87-28-11-13-32-91(87)101-93)72-50-46-70(47-51-72)68-40-36-66(37-41-68)67-38-42-69(43-39-67)71-48-54-74(55-49-71)97-83-26-9-10-27-84(83)98(78-23-15-22-75(60-78)64-20-5-2-6-21-64)86-59-57-77(62-90(86)97)80-31-17-35-94-100(80)88-29-12-14-33-92(88)102-94/h1-62H. The fraction of sp³-hybridized carbons (Fsp3) is 0. The van der Waals surface area contributed by atoms with Crippen molar-refractivity contribution < 1.29 is 8.83 Å². The van der Waals surface area contributed by atoms with Crippen LogP contribution in [0.1, 0.15) is 0 Å². The Morgan fingerprint density at radius 3 is 0.755 bits per heavy atom. The molecular formula is C100H62O2. The molecule has 20 aromatic rings. The quantitative estimate of drug-likeness (QED) is 0.121. The summed E-state index contributed by atoms with van der Waals surface area (Å²) in [7, 11) is 0. The molecule has 2 heterocycles. The fourth-order valence-corrected chi connectivity index (χ4v) is 16.3. The third-order valence-electron chi connectivity index (χ3n) is 21.1. The van der Waals surface area contributed by atoms with Crippen LogP contribution < -0.4 is 0 Å². The van der Waals surface area contributed by atoms with Crippen molar-refractivity contribution in [3.8, 4) is 122 Å². The minimum Gasteiger partial charge on any atom is -0.456 e. The Morgan fingerprint density at radius 1 is 0.127 bits per heavy atom. The highest BCUT2D eigenvalue weighted by Gasteiger charge is 2.23. The van der Waals surface area contributed by atoms with Gasteiger partial charge in [0.2, 0.25) is 0 Å². The summed E-state index contributed by atoms with van der Waals surface area (Å²) >= 11 is 0. The topological polar surface area (TPSA) is 26.3 Å². The lowest BCUT2D eigenvalue weighted by Gasteiger charge is -2.19.